The van der Waals surface area contributed by atoms with Crippen molar-refractivity contribution in [2.45, 2.75) is 52.2 Å². The first-order valence-corrected chi connectivity index (χ1v) is 19.9. The highest BCUT2D eigenvalue weighted by Crippen LogP contribution is 2.28. The van der Waals surface area contributed by atoms with Crippen LogP contribution < -0.4 is 10.4 Å². The molecular formula is C22H36OSi3. The van der Waals surface area contributed by atoms with Crippen LogP contribution in [0.4, 0.5) is 0 Å². The van der Waals surface area contributed by atoms with Crippen molar-refractivity contribution in [3.63, 3.8) is 0 Å². The van der Waals surface area contributed by atoms with Crippen molar-refractivity contribution in [1.29, 1.82) is 0 Å². The van der Waals surface area contributed by atoms with Crippen LogP contribution in [0.1, 0.15) is 6.92 Å². The minimum atomic E-state index is -1.83. The Bertz CT molecular complexity index is 633. The molecule has 2 aromatic carbocycles. The first-order valence-electron chi connectivity index (χ1n) is 9.81. The SMILES string of the molecule is CC(CO[Si](C)(C)C)C[Si](c1ccccc1)(c1ccccc1)[Si](C)(C)C. The molecule has 142 valence electrons. The molecule has 0 amide bonds. The van der Waals surface area contributed by atoms with Crippen LogP contribution in [-0.4, -0.2) is 30.1 Å². The van der Waals surface area contributed by atoms with E-state index in [1.165, 1.54) is 6.04 Å². The molecule has 0 aliphatic rings. The molecular weight excluding hydrogens is 364 g/mol. The van der Waals surface area contributed by atoms with E-state index < -0.39 is 23.5 Å². The maximum Gasteiger partial charge on any atom is 0.183 e. The zero-order valence-electron chi connectivity index (χ0n) is 17.7. The normalized spacial score (nSPS) is 14.3. The monoisotopic (exact) mass is 400 g/mol. The third-order valence-electron chi connectivity index (χ3n) is 5.27. The standard InChI is InChI=1S/C22H36OSi3/c1-20(18-23-24(2,3)4)19-26(25(5,6)7,21-14-10-8-11-15-21)22-16-12-9-13-17-22/h8-17,20H,18-19H2,1-7H3. The maximum atomic E-state index is 6.30. The summed E-state index contributed by atoms with van der Waals surface area (Å²) < 4.78 is 6.30. The average Bonchev–Trinajstić information content (AvgIpc) is 2.58. The molecule has 0 saturated heterocycles. The van der Waals surface area contributed by atoms with E-state index in [9.17, 15) is 0 Å². The molecule has 0 N–H and O–H groups in total. The van der Waals surface area contributed by atoms with Gasteiger partial charge in [-0.2, -0.15) is 0 Å². The van der Waals surface area contributed by atoms with Crippen molar-refractivity contribution < 1.29 is 4.43 Å². The largest absolute Gasteiger partial charge is 0.417 e. The summed E-state index contributed by atoms with van der Waals surface area (Å²) in [5.74, 6) is 0.584. The van der Waals surface area contributed by atoms with E-state index >= 15 is 0 Å². The van der Waals surface area contributed by atoms with E-state index in [0.717, 1.165) is 6.61 Å². The Kier molecular flexibility index (Phi) is 6.88. The van der Waals surface area contributed by atoms with E-state index in [-0.39, 0.29) is 0 Å². The molecule has 1 unspecified atom stereocenters. The molecule has 2 aromatic rings. The summed E-state index contributed by atoms with van der Waals surface area (Å²) in [5, 5.41) is 3.20. The number of benzene rings is 2. The molecule has 26 heavy (non-hydrogen) atoms. The molecule has 1 nitrogen and oxygen atoms in total. The minimum absolute atomic E-state index is 0.584. The van der Waals surface area contributed by atoms with Crippen LogP contribution in [0.5, 0.6) is 0 Å². The maximum absolute atomic E-state index is 6.30. The first kappa shape index (κ1) is 21.4. The van der Waals surface area contributed by atoms with Gasteiger partial charge in [0.25, 0.3) is 0 Å². The minimum Gasteiger partial charge on any atom is -0.417 e. The molecule has 0 spiro atoms. The van der Waals surface area contributed by atoms with Gasteiger partial charge in [0, 0.05) is 14.2 Å². The van der Waals surface area contributed by atoms with Gasteiger partial charge in [0.05, 0.1) is 0 Å². The zero-order chi connectivity index (χ0) is 19.4. The highest BCUT2D eigenvalue weighted by molar-refractivity contribution is 7.50. The summed E-state index contributed by atoms with van der Waals surface area (Å²) in [6.07, 6.45) is 0. The summed E-state index contributed by atoms with van der Waals surface area (Å²) in [5.41, 5.74) is 0. The molecule has 2 rings (SSSR count). The van der Waals surface area contributed by atoms with E-state index in [1.54, 1.807) is 10.4 Å². The van der Waals surface area contributed by atoms with Gasteiger partial charge >= 0.3 is 0 Å². The molecule has 0 bridgehead atoms. The summed E-state index contributed by atoms with van der Waals surface area (Å²) in [6.45, 7) is 17.9. The van der Waals surface area contributed by atoms with E-state index in [1.807, 2.05) is 0 Å². The van der Waals surface area contributed by atoms with Gasteiger partial charge in [-0.1, -0.05) is 97.6 Å². The lowest BCUT2D eigenvalue weighted by molar-refractivity contribution is 0.264. The third kappa shape index (κ3) is 5.06. The second-order valence-corrected chi connectivity index (χ2v) is 29.1. The number of rotatable bonds is 8. The third-order valence-corrected chi connectivity index (χ3v) is 22.8. The fourth-order valence-electron chi connectivity index (χ4n) is 3.99. The van der Waals surface area contributed by atoms with Crippen molar-refractivity contribution in [2.24, 2.45) is 5.92 Å². The molecule has 0 saturated carbocycles. The highest BCUT2D eigenvalue weighted by Gasteiger charge is 2.49. The Hall–Kier alpha value is -0.949. The zero-order valence-corrected chi connectivity index (χ0v) is 20.7. The van der Waals surface area contributed by atoms with Crippen molar-refractivity contribution >= 4 is 33.9 Å². The second kappa shape index (κ2) is 8.38. The summed E-state index contributed by atoms with van der Waals surface area (Å²) in [7, 11) is -4.77. The van der Waals surface area contributed by atoms with Crippen LogP contribution in [0.25, 0.3) is 0 Å². The van der Waals surface area contributed by atoms with Crippen LogP contribution >= 0.6 is 0 Å². The fourth-order valence-corrected chi connectivity index (χ4v) is 19.7. The van der Waals surface area contributed by atoms with Crippen molar-refractivity contribution in [3.05, 3.63) is 60.7 Å². The lowest BCUT2D eigenvalue weighted by Crippen LogP contribution is -2.73. The Morgan fingerprint density at radius 1 is 0.731 bits per heavy atom. The molecule has 0 fully saturated rings. The predicted octanol–water partition coefficient (Wildman–Crippen LogP) is 5.15. The average molecular weight is 401 g/mol. The molecule has 0 aliphatic heterocycles. The second-order valence-electron chi connectivity index (χ2n) is 9.62. The molecule has 0 aromatic heterocycles. The van der Waals surface area contributed by atoms with Crippen molar-refractivity contribution in [2.75, 3.05) is 6.61 Å². The Labute approximate surface area is 163 Å². The Morgan fingerprint density at radius 2 is 1.15 bits per heavy atom. The highest BCUT2D eigenvalue weighted by atomic mass is 29.3. The Morgan fingerprint density at radius 3 is 1.50 bits per heavy atom. The van der Waals surface area contributed by atoms with Gasteiger partial charge in [0.15, 0.2) is 8.32 Å². The van der Waals surface area contributed by atoms with Crippen molar-refractivity contribution in [1.82, 2.24) is 0 Å². The van der Waals surface area contributed by atoms with Gasteiger partial charge < -0.3 is 4.43 Å². The summed E-state index contributed by atoms with van der Waals surface area (Å²) >= 11 is 0. The van der Waals surface area contributed by atoms with Gasteiger partial charge in [-0.3, -0.25) is 0 Å². The van der Waals surface area contributed by atoms with Crippen LogP contribution in [-0.2, 0) is 4.43 Å². The van der Waals surface area contributed by atoms with Gasteiger partial charge in [-0.15, -0.1) is 0 Å². The van der Waals surface area contributed by atoms with Crippen LogP contribution in [0.2, 0.25) is 45.3 Å². The topological polar surface area (TPSA) is 9.23 Å². The lowest BCUT2D eigenvalue weighted by atomic mass is 10.2. The molecule has 0 aliphatic carbocycles. The predicted molar refractivity (Wildman–Crippen MR) is 125 cm³/mol. The van der Waals surface area contributed by atoms with Crippen LogP contribution in [0, 0.1) is 5.92 Å². The van der Waals surface area contributed by atoms with E-state index in [2.05, 4.69) is 107 Å². The summed E-state index contributed by atoms with van der Waals surface area (Å²) in [4.78, 5) is 0. The smallest absolute Gasteiger partial charge is 0.183 e. The van der Waals surface area contributed by atoms with Crippen LogP contribution in [0.15, 0.2) is 60.7 Å². The molecule has 4 heteroatoms. The summed E-state index contributed by atoms with van der Waals surface area (Å²) in [6, 6.07) is 24.0. The number of hydrogen-bond donors (Lipinski definition) is 0. The number of hydrogen-bond acceptors (Lipinski definition) is 1. The van der Waals surface area contributed by atoms with Crippen LogP contribution in [0.3, 0.4) is 0 Å². The lowest BCUT2D eigenvalue weighted by Gasteiger charge is -2.45. The first-order chi connectivity index (χ1) is 12.1. The quantitative estimate of drug-likeness (QED) is 0.557. The van der Waals surface area contributed by atoms with Gasteiger partial charge in [0.1, 0.15) is 7.59 Å². The molecule has 1 atom stereocenters. The van der Waals surface area contributed by atoms with Gasteiger partial charge in [0.2, 0.25) is 0 Å². The molecule has 0 heterocycles. The van der Waals surface area contributed by atoms with Gasteiger partial charge in [-0.25, -0.2) is 0 Å². The van der Waals surface area contributed by atoms with Crippen molar-refractivity contribution in [3.8, 4) is 0 Å². The van der Waals surface area contributed by atoms with E-state index in [0.29, 0.717) is 5.92 Å². The Balaban J connectivity index is 2.50. The fraction of sp³-hybridized carbons (Fsp3) is 0.455. The van der Waals surface area contributed by atoms with Gasteiger partial charge in [-0.05, 0) is 31.6 Å². The molecule has 0 radical (unpaired) electrons. The van der Waals surface area contributed by atoms with E-state index in [4.69, 9.17) is 4.43 Å².